The van der Waals surface area contributed by atoms with E-state index in [4.69, 9.17) is 0 Å². The van der Waals surface area contributed by atoms with Crippen LogP contribution in [0.5, 0.6) is 0 Å². The molecule has 0 spiro atoms. The third kappa shape index (κ3) is 3.66. The lowest BCUT2D eigenvalue weighted by Gasteiger charge is -2.26. The zero-order chi connectivity index (χ0) is 20.4. The Balaban J connectivity index is 2.16. The van der Waals surface area contributed by atoms with Crippen LogP contribution in [0, 0.1) is 13.8 Å². The van der Waals surface area contributed by atoms with E-state index < -0.39 is 17.7 Å². The number of ketones is 1. The number of benzene rings is 1. The van der Waals surface area contributed by atoms with Crippen LogP contribution in [-0.2, 0) is 9.59 Å². The van der Waals surface area contributed by atoms with Gasteiger partial charge < -0.3 is 14.9 Å². The first-order chi connectivity index (χ1) is 13.3. The van der Waals surface area contributed by atoms with E-state index in [1.165, 1.54) is 11.1 Å². The second-order valence-electron chi connectivity index (χ2n) is 7.12. The normalized spacial score (nSPS) is 18.9. The molecule has 0 unspecified atom stereocenters. The second kappa shape index (κ2) is 7.90. The predicted molar refractivity (Wildman–Crippen MR) is 106 cm³/mol. The number of likely N-dealkylation sites (N-methyl/N-ethyl adjacent to an activating group) is 1. The topological polar surface area (TPSA) is 86.6 Å². The van der Waals surface area contributed by atoms with E-state index in [1.807, 2.05) is 49.3 Å². The average molecular weight is 380 g/mol. The number of carbonyl (C=O) groups excluding carboxylic acids is 2. The van der Waals surface area contributed by atoms with Gasteiger partial charge in [0.1, 0.15) is 11.6 Å². The van der Waals surface area contributed by atoms with Crippen molar-refractivity contribution in [1.82, 2.24) is 19.8 Å². The number of aliphatic hydroxyl groups is 1. The maximum atomic E-state index is 12.9. The molecule has 146 valence electrons. The SMILES string of the molecule is Cc1ncc(C(O)=C2C(=O)C(=O)N(CCN(C)C)[C@@H]2c2ccccc2)c(C)n1. The second-order valence-corrected chi connectivity index (χ2v) is 7.12. The van der Waals surface area contributed by atoms with Gasteiger partial charge in [0.25, 0.3) is 11.7 Å². The third-order valence-corrected chi connectivity index (χ3v) is 4.80. The quantitative estimate of drug-likeness (QED) is 0.486. The van der Waals surface area contributed by atoms with Crippen molar-refractivity contribution in [3.05, 3.63) is 64.7 Å². The number of aliphatic hydroxyl groups excluding tert-OH is 1. The van der Waals surface area contributed by atoms with E-state index in [9.17, 15) is 14.7 Å². The van der Waals surface area contributed by atoms with Crippen molar-refractivity contribution in [3.63, 3.8) is 0 Å². The summed E-state index contributed by atoms with van der Waals surface area (Å²) in [6.45, 7) is 4.46. The molecule has 1 amide bonds. The van der Waals surface area contributed by atoms with Crippen molar-refractivity contribution >= 4 is 17.4 Å². The summed E-state index contributed by atoms with van der Waals surface area (Å²) in [6, 6.07) is 8.62. The number of nitrogens with zero attached hydrogens (tertiary/aromatic N) is 4. The lowest BCUT2D eigenvalue weighted by molar-refractivity contribution is -0.140. The minimum atomic E-state index is -0.690. The molecule has 1 aliphatic rings. The van der Waals surface area contributed by atoms with Gasteiger partial charge in [-0.15, -0.1) is 0 Å². The van der Waals surface area contributed by atoms with Gasteiger partial charge in [0, 0.05) is 19.3 Å². The van der Waals surface area contributed by atoms with Crippen LogP contribution in [0.4, 0.5) is 0 Å². The molecule has 0 bridgehead atoms. The Morgan fingerprint density at radius 3 is 2.46 bits per heavy atom. The van der Waals surface area contributed by atoms with E-state index in [-0.39, 0.29) is 11.3 Å². The number of Topliss-reactive ketones (excluding diaryl/α,β-unsaturated/α-hetero) is 1. The number of likely N-dealkylation sites (tertiary alicyclic amines) is 1. The van der Waals surface area contributed by atoms with Gasteiger partial charge in [-0.05, 0) is 33.5 Å². The summed E-state index contributed by atoms with van der Waals surface area (Å²) in [5.74, 6) is -0.967. The minimum absolute atomic E-state index is 0.0745. The Labute approximate surface area is 164 Å². The maximum Gasteiger partial charge on any atom is 0.295 e. The molecule has 0 saturated carbocycles. The highest BCUT2D eigenvalue weighted by Crippen LogP contribution is 2.39. The van der Waals surface area contributed by atoms with Crippen LogP contribution in [0.2, 0.25) is 0 Å². The Morgan fingerprint density at radius 2 is 1.86 bits per heavy atom. The molecular formula is C21H24N4O3. The molecule has 0 aliphatic carbocycles. The van der Waals surface area contributed by atoms with Crippen LogP contribution in [0.3, 0.4) is 0 Å². The highest BCUT2D eigenvalue weighted by molar-refractivity contribution is 6.46. The van der Waals surface area contributed by atoms with Gasteiger partial charge in [-0.3, -0.25) is 9.59 Å². The summed E-state index contributed by atoms with van der Waals surface area (Å²) in [5, 5.41) is 11.0. The van der Waals surface area contributed by atoms with Gasteiger partial charge in [0.2, 0.25) is 0 Å². The van der Waals surface area contributed by atoms with Crippen molar-refractivity contribution in [2.45, 2.75) is 19.9 Å². The van der Waals surface area contributed by atoms with Crippen molar-refractivity contribution in [2.24, 2.45) is 0 Å². The number of aromatic nitrogens is 2. The lowest BCUT2D eigenvalue weighted by atomic mass is 9.95. The van der Waals surface area contributed by atoms with Crippen LogP contribution in [0.15, 0.2) is 42.1 Å². The number of carbonyl (C=O) groups is 2. The van der Waals surface area contributed by atoms with Gasteiger partial charge in [0.15, 0.2) is 0 Å². The van der Waals surface area contributed by atoms with E-state index in [1.54, 1.807) is 13.8 Å². The predicted octanol–water partition coefficient (Wildman–Crippen LogP) is 2.08. The maximum absolute atomic E-state index is 12.9. The summed E-state index contributed by atoms with van der Waals surface area (Å²) >= 11 is 0. The average Bonchev–Trinajstić information content (AvgIpc) is 2.91. The van der Waals surface area contributed by atoms with Crippen molar-refractivity contribution in [3.8, 4) is 0 Å². The Morgan fingerprint density at radius 1 is 1.18 bits per heavy atom. The first-order valence-corrected chi connectivity index (χ1v) is 9.10. The Hall–Kier alpha value is -3.06. The molecule has 1 aromatic heterocycles. The molecule has 2 heterocycles. The monoisotopic (exact) mass is 380 g/mol. The summed E-state index contributed by atoms with van der Waals surface area (Å²) in [6.07, 6.45) is 1.49. The van der Waals surface area contributed by atoms with E-state index in [0.717, 1.165) is 5.56 Å². The van der Waals surface area contributed by atoms with Crippen molar-refractivity contribution in [2.75, 3.05) is 27.2 Å². The van der Waals surface area contributed by atoms with Crippen molar-refractivity contribution in [1.29, 1.82) is 0 Å². The first kappa shape index (κ1) is 19.7. The molecule has 1 saturated heterocycles. The van der Waals surface area contributed by atoms with E-state index in [2.05, 4.69) is 9.97 Å². The molecular weight excluding hydrogens is 356 g/mol. The molecule has 2 aromatic rings. The third-order valence-electron chi connectivity index (χ3n) is 4.80. The number of hydrogen-bond acceptors (Lipinski definition) is 6. The summed E-state index contributed by atoms with van der Waals surface area (Å²) in [5.41, 5.74) is 1.76. The van der Waals surface area contributed by atoms with Gasteiger partial charge in [-0.1, -0.05) is 30.3 Å². The van der Waals surface area contributed by atoms with Gasteiger partial charge in [-0.25, -0.2) is 9.97 Å². The first-order valence-electron chi connectivity index (χ1n) is 9.10. The molecule has 28 heavy (non-hydrogen) atoms. The van der Waals surface area contributed by atoms with Gasteiger partial charge in [-0.2, -0.15) is 0 Å². The van der Waals surface area contributed by atoms with Crippen LogP contribution < -0.4 is 0 Å². The molecule has 1 atom stereocenters. The Bertz CT molecular complexity index is 938. The van der Waals surface area contributed by atoms with Crippen LogP contribution in [0.25, 0.3) is 5.76 Å². The summed E-state index contributed by atoms with van der Waals surface area (Å²) in [4.78, 5) is 37.5. The van der Waals surface area contributed by atoms with Crippen LogP contribution >= 0.6 is 0 Å². The highest BCUT2D eigenvalue weighted by Gasteiger charge is 2.46. The largest absolute Gasteiger partial charge is 0.507 e. The smallest absolute Gasteiger partial charge is 0.295 e. The highest BCUT2D eigenvalue weighted by atomic mass is 16.3. The molecule has 1 aromatic carbocycles. The Kier molecular flexibility index (Phi) is 5.56. The van der Waals surface area contributed by atoms with E-state index in [0.29, 0.717) is 30.2 Å². The van der Waals surface area contributed by atoms with Crippen molar-refractivity contribution < 1.29 is 14.7 Å². The number of hydrogen-bond donors (Lipinski definition) is 1. The molecule has 0 radical (unpaired) electrons. The fraction of sp³-hybridized carbons (Fsp3) is 0.333. The fourth-order valence-corrected chi connectivity index (χ4v) is 3.36. The van der Waals surface area contributed by atoms with Gasteiger partial charge >= 0.3 is 0 Å². The number of rotatable bonds is 5. The van der Waals surface area contributed by atoms with Gasteiger partial charge in [0.05, 0.1) is 22.9 Å². The number of aryl methyl sites for hydroxylation is 2. The molecule has 7 heteroatoms. The zero-order valence-corrected chi connectivity index (χ0v) is 16.5. The summed E-state index contributed by atoms with van der Waals surface area (Å²) < 4.78 is 0. The molecule has 1 aliphatic heterocycles. The zero-order valence-electron chi connectivity index (χ0n) is 16.5. The fourth-order valence-electron chi connectivity index (χ4n) is 3.36. The molecule has 1 N–H and O–H groups in total. The van der Waals surface area contributed by atoms with Crippen LogP contribution in [-0.4, -0.2) is 63.7 Å². The minimum Gasteiger partial charge on any atom is -0.507 e. The summed E-state index contributed by atoms with van der Waals surface area (Å²) in [7, 11) is 3.81. The molecule has 1 fully saturated rings. The van der Waals surface area contributed by atoms with Crippen LogP contribution in [0.1, 0.15) is 28.7 Å². The standard InChI is InChI=1S/C21H24N4O3/c1-13-16(12-22-14(2)23-13)19(26)17-18(15-8-6-5-7-9-15)25(11-10-24(3)4)21(28)20(17)27/h5-9,12,18,26H,10-11H2,1-4H3/t18-/m1/s1. The number of amides is 1. The lowest BCUT2D eigenvalue weighted by Crippen LogP contribution is -2.35. The molecule has 3 rings (SSSR count). The van der Waals surface area contributed by atoms with E-state index >= 15 is 0 Å². The molecule has 7 nitrogen and oxygen atoms in total.